The first-order chi connectivity index (χ1) is 7.25. The maximum Gasteiger partial charge on any atom is 0.309 e. The fourth-order valence-electron chi connectivity index (χ4n) is 2.37. The van der Waals surface area contributed by atoms with Crippen LogP contribution in [0.3, 0.4) is 0 Å². The Balaban J connectivity index is 2.35. The molecule has 0 aromatic rings. The highest BCUT2D eigenvalue weighted by Gasteiger charge is 2.64. The minimum atomic E-state index is -0.105. The van der Waals surface area contributed by atoms with Crippen molar-refractivity contribution in [2.24, 2.45) is 16.7 Å². The molecule has 1 N–H and O–H groups in total. The Hall–Kier alpha value is -0.570. The van der Waals surface area contributed by atoms with Crippen LogP contribution >= 0.6 is 0 Å². The molecule has 0 radical (unpaired) electrons. The number of hydrogen-bond acceptors (Lipinski definition) is 3. The Bertz CT molecular complexity index is 257. The Morgan fingerprint density at radius 3 is 2.19 bits per heavy atom. The van der Waals surface area contributed by atoms with E-state index < -0.39 is 0 Å². The normalized spacial score (nSPS) is 23.9. The summed E-state index contributed by atoms with van der Waals surface area (Å²) in [5.41, 5.74) is 0.642. The lowest BCUT2D eigenvalue weighted by Gasteiger charge is -2.12. The van der Waals surface area contributed by atoms with Crippen molar-refractivity contribution in [1.82, 2.24) is 5.32 Å². The molecular weight excluding hydrogens is 202 g/mol. The Kier molecular flexibility index (Phi) is 3.68. The molecule has 1 aliphatic carbocycles. The van der Waals surface area contributed by atoms with E-state index in [9.17, 15) is 4.79 Å². The van der Waals surface area contributed by atoms with Crippen molar-refractivity contribution < 1.29 is 9.53 Å². The molecule has 1 rings (SSSR count). The summed E-state index contributed by atoms with van der Waals surface area (Å²) in [4.78, 5) is 11.4. The standard InChI is InChI=1S/C13H25NO2/c1-7-16-10(15)9(2)8-14-11-12(3,4)13(11,5)6/h9,11,14H,7-8H2,1-6H3. The molecule has 1 saturated carbocycles. The molecule has 94 valence electrons. The second-order valence-electron chi connectivity index (χ2n) is 5.94. The van der Waals surface area contributed by atoms with Crippen molar-refractivity contribution in [3.63, 3.8) is 0 Å². The number of hydrogen-bond donors (Lipinski definition) is 1. The lowest BCUT2D eigenvalue weighted by atomic mass is 10.0. The van der Waals surface area contributed by atoms with E-state index in [-0.39, 0.29) is 11.9 Å². The predicted octanol–water partition coefficient (Wildman–Crippen LogP) is 2.21. The average molecular weight is 227 g/mol. The number of ether oxygens (including phenoxy) is 1. The van der Waals surface area contributed by atoms with E-state index >= 15 is 0 Å². The topological polar surface area (TPSA) is 38.3 Å². The van der Waals surface area contributed by atoms with E-state index in [1.54, 1.807) is 0 Å². The third-order valence-electron chi connectivity index (χ3n) is 4.34. The molecule has 0 heterocycles. The fraction of sp³-hybridized carbons (Fsp3) is 0.923. The van der Waals surface area contributed by atoms with Crippen molar-refractivity contribution in [2.45, 2.75) is 47.6 Å². The van der Waals surface area contributed by atoms with Crippen LogP contribution in [0.15, 0.2) is 0 Å². The van der Waals surface area contributed by atoms with Crippen LogP contribution in [0, 0.1) is 16.7 Å². The van der Waals surface area contributed by atoms with E-state index in [0.29, 0.717) is 30.0 Å². The molecule has 1 atom stereocenters. The summed E-state index contributed by atoms with van der Waals surface area (Å²) >= 11 is 0. The van der Waals surface area contributed by atoms with Gasteiger partial charge in [0.2, 0.25) is 0 Å². The first-order valence-corrected chi connectivity index (χ1v) is 6.15. The van der Waals surface area contributed by atoms with Crippen molar-refractivity contribution >= 4 is 5.97 Å². The number of nitrogens with one attached hydrogen (secondary N) is 1. The zero-order chi connectivity index (χ0) is 12.6. The van der Waals surface area contributed by atoms with E-state index in [1.165, 1.54) is 0 Å². The smallest absolute Gasteiger partial charge is 0.309 e. The lowest BCUT2D eigenvalue weighted by molar-refractivity contribution is -0.147. The van der Waals surface area contributed by atoms with E-state index in [0.717, 1.165) is 0 Å². The minimum Gasteiger partial charge on any atom is -0.466 e. The summed E-state index contributed by atoms with van der Waals surface area (Å²) in [6, 6.07) is 0.497. The van der Waals surface area contributed by atoms with Crippen LogP contribution in [0.5, 0.6) is 0 Å². The monoisotopic (exact) mass is 227 g/mol. The SMILES string of the molecule is CCOC(=O)C(C)CNC1C(C)(C)C1(C)C. The number of carbonyl (C=O) groups is 1. The van der Waals surface area contributed by atoms with E-state index in [2.05, 4.69) is 33.0 Å². The molecule has 0 aliphatic heterocycles. The number of rotatable bonds is 5. The number of carbonyl (C=O) groups excluding carboxylic acids is 1. The van der Waals surface area contributed by atoms with Gasteiger partial charge in [0.1, 0.15) is 0 Å². The highest BCUT2D eigenvalue weighted by molar-refractivity contribution is 5.72. The molecule has 0 saturated heterocycles. The molecule has 0 amide bonds. The van der Waals surface area contributed by atoms with Crippen LogP contribution in [0.25, 0.3) is 0 Å². The van der Waals surface area contributed by atoms with Gasteiger partial charge in [0.25, 0.3) is 0 Å². The summed E-state index contributed by atoms with van der Waals surface area (Å²) in [5, 5.41) is 3.48. The molecular formula is C13H25NO2. The maximum absolute atomic E-state index is 11.4. The van der Waals surface area contributed by atoms with E-state index in [4.69, 9.17) is 4.74 Å². The first-order valence-electron chi connectivity index (χ1n) is 6.15. The van der Waals surface area contributed by atoms with Gasteiger partial charge in [-0.2, -0.15) is 0 Å². The van der Waals surface area contributed by atoms with Gasteiger partial charge in [-0.25, -0.2) is 0 Å². The summed E-state index contributed by atoms with van der Waals surface area (Å²) in [5.74, 6) is -0.168. The van der Waals surface area contributed by atoms with Crippen molar-refractivity contribution in [3.05, 3.63) is 0 Å². The molecule has 0 bridgehead atoms. The van der Waals surface area contributed by atoms with Gasteiger partial charge in [0.05, 0.1) is 12.5 Å². The molecule has 0 spiro atoms. The second-order valence-corrected chi connectivity index (χ2v) is 5.94. The summed E-state index contributed by atoms with van der Waals surface area (Å²) in [7, 11) is 0. The fourth-order valence-corrected chi connectivity index (χ4v) is 2.37. The van der Waals surface area contributed by atoms with Gasteiger partial charge in [-0.1, -0.05) is 34.6 Å². The largest absolute Gasteiger partial charge is 0.466 e. The van der Waals surface area contributed by atoms with Gasteiger partial charge in [-0.15, -0.1) is 0 Å². The average Bonchev–Trinajstić information content (AvgIpc) is 2.55. The van der Waals surface area contributed by atoms with Crippen LogP contribution in [0.2, 0.25) is 0 Å². The zero-order valence-electron chi connectivity index (χ0n) is 11.4. The molecule has 0 aromatic heterocycles. The van der Waals surface area contributed by atoms with Crippen molar-refractivity contribution in [3.8, 4) is 0 Å². The Labute approximate surface area is 98.9 Å². The molecule has 1 unspecified atom stereocenters. The van der Waals surface area contributed by atoms with Gasteiger partial charge in [0.15, 0.2) is 0 Å². The predicted molar refractivity (Wildman–Crippen MR) is 65.1 cm³/mol. The Morgan fingerprint density at radius 1 is 1.31 bits per heavy atom. The third-order valence-corrected chi connectivity index (χ3v) is 4.34. The lowest BCUT2D eigenvalue weighted by Crippen LogP contribution is -2.31. The van der Waals surface area contributed by atoms with Gasteiger partial charge < -0.3 is 10.1 Å². The highest BCUT2D eigenvalue weighted by Crippen LogP contribution is 2.62. The molecule has 1 fully saturated rings. The van der Waals surface area contributed by atoms with Crippen LogP contribution in [0.4, 0.5) is 0 Å². The Morgan fingerprint density at radius 2 is 1.81 bits per heavy atom. The van der Waals surface area contributed by atoms with Crippen LogP contribution < -0.4 is 5.32 Å². The van der Waals surface area contributed by atoms with Gasteiger partial charge in [0, 0.05) is 12.6 Å². The third kappa shape index (κ3) is 2.24. The molecule has 3 nitrogen and oxygen atoms in total. The molecule has 3 heteroatoms. The van der Waals surface area contributed by atoms with E-state index in [1.807, 2.05) is 13.8 Å². The van der Waals surface area contributed by atoms with Crippen LogP contribution in [-0.2, 0) is 9.53 Å². The summed E-state index contributed by atoms with van der Waals surface area (Å²) in [6.07, 6.45) is 0. The zero-order valence-corrected chi connectivity index (χ0v) is 11.4. The maximum atomic E-state index is 11.4. The summed E-state index contributed by atoms with van der Waals surface area (Å²) in [6.45, 7) is 14.0. The van der Waals surface area contributed by atoms with Gasteiger partial charge in [-0.05, 0) is 17.8 Å². The van der Waals surface area contributed by atoms with Crippen LogP contribution in [0.1, 0.15) is 41.5 Å². The van der Waals surface area contributed by atoms with Crippen molar-refractivity contribution in [1.29, 1.82) is 0 Å². The van der Waals surface area contributed by atoms with Crippen LogP contribution in [-0.4, -0.2) is 25.2 Å². The minimum absolute atomic E-state index is 0.0628. The number of esters is 1. The quantitative estimate of drug-likeness (QED) is 0.732. The second kappa shape index (κ2) is 4.36. The van der Waals surface area contributed by atoms with Gasteiger partial charge >= 0.3 is 5.97 Å². The first kappa shape index (κ1) is 13.5. The van der Waals surface area contributed by atoms with Crippen molar-refractivity contribution in [2.75, 3.05) is 13.2 Å². The summed E-state index contributed by atoms with van der Waals surface area (Å²) < 4.78 is 4.98. The molecule has 16 heavy (non-hydrogen) atoms. The highest BCUT2D eigenvalue weighted by atomic mass is 16.5. The van der Waals surface area contributed by atoms with Gasteiger partial charge in [-0.3, -0.25) is 4.79 Å². The molecule has 0 aromatic carbocycles. The molecule has 1 aliphatic rings.